The highest BCUT2D eigenvalue weighted by molar-refractivity contribution is 8.01. The number of aliphatic hydroxyl groups is 1. The molecular formula is C18H19FN6O2S. The van der Waals surface area contributed by atoms with Crippen LogP contribution in [-0.2, 0) is 10.3 Å². The van der Waals surface area contributed by atoms with Gasteiger partial charge in [-0.15, -0.1) is 16.9 Å². The number of hydrogen-bond donors (Lipinski definition) is 2. The third-order valence-electron chi connectivity index (χ3n) is 5.30. The van der Waals surface area contributed by atoms with Crippen LogP contribution in [0.5, 0.6) is 0 Å². The van der Waals surface area contributed by atoms with Crippen LogP contribution in [0.15, 0.2) is 35.5 Å². The monoisotopic (exact) mass is 402 g/mol. The van der Waals surface area contributed by atoms with Gasteiger partial charge in [0.15, 0.2) is 11.1 Å². The summed E-state index contributed by atoms with van der Waals surface area (Å²) in [6.07, 6.45) is 4.13. The van der Waals surface area contributed by atoms with E-state index < -0.39 is 22.1 Å². The molecule has 3 N–H and O–H groups in total. The van der Waals surface area contributed by atoms with E-state index in [1.807, 2.05) is 11.9 Å². The molecule has 1 aliphatic heterocycles. The van der Waals surface area contributed by atoms with Crippen molar-refractivity contribution >= 4 is 29.4 Å². The lowest BCUT2D eigenvalue weighted by atomic mass is 9.72. The predicted octanol–water partition coefficient (Wildman–Crippen LogP) is 2.08. The molecule has 0 spiro atoms. The van der Waals surface area contributed by atoms with E-state index >= 15 is 0 Å². The minimum absolute atomic E-state index is 0.301. The van der Waals surface area contributed by atoms with Gasteiger partial charge in [-0.05, 0) is 43.5 Å². The summed E-state index contributed by atoms with van der Waals surface area (Å²) in [5.74, 6) is -0.702. The molecule has 2 aliphatic rings. The summed E-state index contributed by atoms with van der Waals surface area (Å²) >= 11 is 1.11. The van der Waals surface area contributed by atoms with Crippen molar-refractivity contribution in [2.45, 2.75) is 35.4 Å². The first kappa shape index (κ1) is 18.6. The zero-order chi connectivity index (χ0) is 19.9. The molecule has 1 saturated carbocycles. The molecule has 2 atom stereocenters. The summed E-state index contributed by atoms with van der Waals surface area (Å²) in [6.45, 7) is 0. The molecule has 1 fully saturated rings. The van der Waals surface area contributed by atoms with Crippen molar-refractivity contribution in [1.82, 2.24) is 15.2 Å². The maximum atomic E-state index is 14.4. The van der Waals surface area contributed by atoms with E-state index in [0.717, 1.165) is 31.0 Å². The molecular weight excluding hydrogens is 383 g/mol. The maximum Gasteiger partial charge on any atom is 0.240 e. The molecule has 4 rings (SSSR count). The van der Waals surface area contributed by atoms with Gasteiger partial charge in [-0.1, -0.05) is 0 Å². The number of pyridine rings is 1. The number of amides is 1. The van der Waals surface area contributed by atoms with Crippen LogP contribution in [-0.4, -0.2) is 44.4 Å². The van der Waals surface area contributed by atoms with Gasteiger partial charge < -0.3 is 15.7 Å². The fraction of sp³-hybridized carbons (Fsp3) is 0.389. The third kappa shape index (κ3) is 2.97. The lowest BCUT2D eigenvalue weighted by Gasteiger charge is -2.48. The Bertz CT molecular complexity index is 934. The molecule has 2 aromatic rings. The number of hydrogen-bond acceptors (Lipinski definition) is 7. The fourth-order valence-corrected chi connectivity index (χ4v) is 4.58. The number of nitrogens with zero attached hydrogens (tertiary/aromatic N) is 5. The molecule has 0 aromatic carbocycles. The van der Waals surface area contributed by atoms with Gasteiger partial charge in [-0.2, -0.15) is 5.10 Å². The van der Waals surface area contributed by atoms with Gasteiger partial charge in [-0.25, -0.2) is 9.38 Å². The molecule has 2 unspecified atom stereocenters. The number of aliphatic imine (C=N–C) groups is 1. The summed E-state index contributed by atoms with van der Waals surface area (Å²) in [4.78, 5) is 21.5. The van der Waals surface area contributed by atoms with E-state index in [2.05, 4.69) is 20.2 Å². The summed E-state index contributed by atoms with van der Waals surface area (Å²) in [7, 11) is 1.86. The molecule has 8 nitrogen and oxygen atoms in total. The Hall–Kier alpha value is -2.75. The van der Waals surface area contributed by atoms with E-state index in [-0.39, 0.29) is 11.7 Å². The van der Waals surface area contributed by atoms with Crippen LogP contribution in [0.25, 0.3) is 0 Å². The van der Waals surface area contributed by atoms with E-state index in [1.54, 1.807) is 24.4 Å². The van der Waals surface area contributed by atoms with Crippen LogP contribution in [0.3, 0.4) is 0 Å². The number of primary amides is 1. The zero-order valence-corrected chi connectivity index (χ0v) is 15.9. The molecule has 0 bridgehead atoms. The summed E-state index contributed by atoms with van der Waals surface area (Å²) in [5.41, 5.74) is 5.63. The largest absolute Gasteiger partial charge is 0.495 e. The quantitative estimate of drug-likeness (QED) is 0.786. The Morgan fingerprint density at radius 1 is 1.36 bits per heavy atom. The molecule has 28 heavy (non-hydrogen) atoms. The van der Waals surface area contributed by atoms with E-state index in [4.69, 9.17) is 5.73 Å². The topological polar surface area (TPSA) is 118 Å². The van der Waals surface area contributed by atoms with Crippen LogP contribution in [0, 0.1) is 5.82 Å². The van der Waals surface area contributed by atoms with Crippen molar-refractivity contribution in [3.8, 4) is 0 Å². The standard InChI is InChI=1S/C18H19FN6O2S/c1-25(18(7-3-8-18)14-10(19)4-2-9-21-14)12-6-5-11(23-24-12)17-22-16(27)13(28-17)15(20)26/h2,4-6,9,13,17H,3,7-8H2,1H3,(H2,20,26)(H,22,27). The van der Waals surface area contributed by atoms with E-state index in [9.17, 15) is 14.3 Å². The first-order valence-corrected chi connectivity index (χ1v) is 9.76. The second-order valence-corrected chi connectivity index (χ2v) is 8.04. The molecule has 1 amide bonds. The van der Waals surface area contributed by atoms with Gasteiger partial charge in [0.2, 0.25) is 11.8 Å². The van der Waals surface area contributed by atoms with Crippen molar-refractivity contribution in [2.24, 2.45) is 10.7 Å². The second kappa shape index (κ2) is 7.01. The second-order valence-electron chi connectivity index (χ2n) is 6.85. The van der Waals surface area contributed by atoms with Crippen LogP contribution in [0.4, 0.5) is 10.2 Å². The van der Waals surface area contributed by atoms with Gasteiger partial charge in [0.1, 0.15) is 16.9 Å². The average molecular weight is 402 g/mol. The Balaban J connectivity index is 1.57. The number of halogens is 1. The summed E-state index contributed by atoms with van der Waals surface area (Å²) in [6, 6.07) is 6.50. The lowest BCUT2D eigenvalue weighted by Crippen LogP contribution is -2.51. The number of anilines is 1. The Morgan fingerprint density at radius 3 is 2.68 bits per heavy atom. The Kier molecular flexibility index (Phi) is 4.66. The van der Waals surface area contributed by atoms with Crippen molar-refractivity contribution < 1.29 is 14.3 Å². The van der Waals surface area contributed by atoms with E-state index in [0.29, 0.717) is 17.2 Å². The van der Waals surface area contributed by atoms with Gasteiger partial charge in [-0.3, -0.25) is 9.78 Å². The minimum Gasteiger partial charge on any atom is -0.495 e. The normalized spacial score (nSPS) is 23.0. The SMILES string of the molecule is CN(c1ccc(C2N=C(O)C(C(N)=O)S2)nn1)C1(c2ncccc2F)CCC1. The molecule has 0 saturated heterocycles. The number of rotatable bonds is 5. The van der Waals surface area contributed by atoms with Crippen LogP contribution >= 0.6 is 11.8 Å². The minimum atomic E-state index is -0.875. The lowest BCUT2D eigenvalue weighted by molar-refractivity contribution is -0.116. The first-order valence-electron chi connectivity index (χ1n) is 8.82. The maximum absolute atomic E-state index is 14.4. The van der Waals surface area contributed by atoms with Crippen molar-refractivity contribution in [3.63, 3.8) is 0 Å². The zero-order valence-electron chi connectivity index (χ0n) is 15.1. The third-order valence-corrected chi connectivity index (χ3v) is 6.62. The smallest absolute Gasteiger partial charge is 0.240 e. The number of nitrogens with two attached hydrogens (primary N) is 1. The van der Waals surface area contributed by atoms with Gasteiger partial charge in [0, 0.05) is 13.2 Å². The number of carbonyl (C=O) groups is 1. The number of aliphatic hydroxyl groups excluding tert-OH is 1. The van der Waals surface area contributed by atoms with Crippen molar-refractivity contribution in [1.29, 1.82) is 0 Å². The molecule has 3 heterocycles. The van der Waals surface area contributed by atoms with Gasteiger partial charge in [0.25, 0.3) is 0 Å². The van der Waals surface area contributed by atoms with Crippen LogP contribution in [0.1, 0.15) is 36.0 Å². The number of thioether (sulfide) groups is 1. The number of aromatic nitrogens is 3. The molecule has 2 aromatic heterocycles. The van der Waals surface area contributed by atoms with E-state index in [1.165, 1.54) is 6.07 Å². The molecule has 0 radical (unpaired) electrons. The Labute approximate surface area is 165 Å². The van der Waals surface area contributed by atoms with Crippen molar-refractivity contribution in [2.75, 3.05) is 11.9 Å². The Morgan fingerprint density at radius 2 is 2.14 bits per heavy atom. The van der Waals surface area contributed by atoms with Crippen LogP contribution < -0.4 is 10.6 Å². The summed E-state index contributed by atoms with van der Waals surface area (Å²) in [5, 5.41) is 16.8. The molecule has 10 heteroatoms. The van der Waals surface area contributed by atoms with Crippen LogP contribution in [0.2, 0.25) is 0 Å². The number of carbonyl (C=O) groups excluding carboxylic acids is 1. The highest BCUT2D eigenvalue weighted by Crippen LogP contribution is 2.47. The fourth-order valence-electron chi connectivity index (χ4n) is 3.57. The molecule has 1 aliphatic carbocycles. The van der Waals surface area contributed by atoms with Crippen molar-refractivity contribution in [3.05, 3.63) is 47.7 Å². The summed E-state index contributed by atoms with van der Waals surface area (Å²) < 4.78 is 14.4. The van der Waals surface area contributed by atoms with Gasteiger partial charge >= 0.3 is 0 Å². The van der Waals surface area contributed by atoms with Gasteiger partial charge in [0.05, 0.1) is 11.2 Å². The highest BCUT2D eigenvalue weighted by Gasteiger charge is 2.46. The first-order chi connectivity index (χ1) is 13.4. The average Bonchev–Trinajstić information content (AvgIpc) is 3.04. The highest BCUT2D eigenvalue weighted by atomic mass is 32.2. The predicted molar refractivity (Wildman–Crippen MR) is 104 cm³/mol. The molecule has 146 valence electrons.